The summed E-state index contributed by atoms with van der Waals surface area (Å²) in [6, 6.07) is 8.61. The van der Waals surface area contributed by atoms with Crippen molar-refractivity contribution in [3.8, 4) is 22.2 Å². The maximum Gasteiger partial charge on any atom is 0.243 e. The predicted octanol–water partition coefficient (Wildman–Crippen LogP) is 3.14. The van der Waals surface area contributed by atoms with Crippen molar-refractivity contribution in [1.82, 2.24) is 14.4 Å². The Morgan fingerprint density at radius 2 is 2.00 bits per heavy atom. The Balaban J connectivity index is 1.37. The minimum absolute atomic E-state index is 0.128. The van der Waals surface area contributed by atoms with Crippen molar-refractivity contribution in [2.24, 2.45) is 0 Å². The molecule has 5 rings (SSSR count). The third-order valence-electron chi connectivity index (χ3n) is 5.07. The number of benzene rings is 1. The highest BCUT2D eigenvalue weighted by Gasteiger charge is 2.34. The highest BCUT2D eigenvalue weighted by molar-refractivity contribution is 7.89. The Labute approximate surface area is 172 Å². The molecule has 152 valence electrons. The van der Waals surface area contributed by atoms with E-state index in [9.17, 15) is 8.42 Å². The van der Waals surface area contributed by atoms with Crippen molar-refractivity contribution in [3.63, 3.8) is 0 Å². The van der Waals surface area contributed by atoms with E-state index in [-0.39, 0.29) is 10.8 Å². The highest BCUT2D eigenvalue weighted by atomic mass is 32.2. The molecule has 2 aliphatic rings. The number of nitrogens with zero attached hydrogens (tertiary/aromatic N) is 3. The minimum Gasteiger partial charge on any atom is -0.486 e. The maximum atomic E-state index is 13.2. The molecule has 1 atom stereocenters. The summed E-state index contributed by atoms with van der Waals surface area (Å²) in [7, 11) is -3.66. The Hall–Kier alpha value is -2.43. The van der Waals surface area contributed by atoms with Crippen LogP contribution in [0.2, 0.25) is 0 Å². The molecule has 3 aromatic rings. The molecule has 0 saturated carbocycles. The lowest BCUT2D eigenvalue weighted by atomic mass is 10.00. The second-order valence-corrected chi connectivity index (χ2v) is 9.83. The smallest absolute Gasteiger partial charge is 0.243 e. The van der Waals surface area contributed by atoms with E-state index in [2.05, 4.69) is 10.1 Å². The summed E-state index contributed by atoms with van der Waals surface area (Å²) in [5.74, 6) is 1.93. The molecule has 0 unspecified atom stereocenters. The van der Waals surface area contributed by atoms with Crippen LogP contribution in [0.15, 0.2) is 45.1 Å². The third kappa shape index (κ3) is 3.52. The van der Waals surface area contributed by atoms with E-state index in [0.29, 0.717) is 49.5 Å². The van der Waals surface area contributed by atoms with Crippen LogP contribution in [-0.4, -0.2) is 49.2 Å². The minimum atomic E-state index is -3.66. The van der Waals surface area contributed by atoms with Crippen LogP contribution in [-0.2, 0) is 10.0 Å². The summed E-state index contributed by atoms with van der Waals surface area (Å²) in [5, 5.41) is 6.01. The maximum absolute atomic E-state index is 13.2. The molecule has 4 heterocycles. The van der Waals surface area contributed by atoms with Gasteiger partial charge in [-0.1, -0.05) is 11.2 Å². The van der Waals surface area contributed by atoms with Crippen LogP contribution in [0.5, 0.6) is 11.5 Å². The van der Waals surface area contributed by atoms with Crippen molar-refractivity contribution < 1.29 is 22.4 Å². The number of rotatable bonds is 4. The summed E-state index contributed by atoms with van der Waals surface area (Å²) >= 11 is 1.54. The van der Waals surface area contributed by atoms with Gasteiger partial charge in [-0.15, -0.1) is 11.3 Å². The SMILES string of the molecule is O=S(=O)(c1ccc2c(c1)OCCO2)N1CCC[C@@H](c2nc(-c3cccs3)no2)C1. The van der Waals surface area contributed by atoms with Gasteiger partial charge in [0.15, 0.2) is 11.5 Å². The second kappa shape index (κ2) is 7.43. The number of thiophene rings is 1. The van der Waals surface area contributed by atoms with Gasteiger partial charge in [0.2, 0.25) is 21.7 Å². The van der Waals surface area contributed by atoms with Crippen LogP contribution >= 0.6 is 11.3 Å². The lowest BCUT2D eigenvalue weighted by Crippen LogP contribution is -2.39. The standard InChI is InChI=1S/C19H19N3O5S2/c23-29(24,14-5-6-15-16(11-14)26-9-8-25-15)22-7-1-3-13(12-22)19-20-18(21-27-19)17-4-2-10-28-17/h2,4-6,10-11,13H,1,3,7-9,12H2/t13-/m1/s1. The van der Waals surface area contributed by atoms with Gasteiger partial charge in [0.1, 0.15) is 13.2 Å². The largest absolute Gasteiger partial charge is 0.486 e. The van der Waals surface area contributed by atoms with Crippen molar-refractivity contribution in [2.45, 2.75) is 23.7 Å². The quantitative estimate of drug-likeness (QED) is 0.624. The fourth-order valence-electron chi connectivity index (χ4n) is 3.60. The molecule has 0 radical (unpaired) electrons. The molecule has 0 spiro atoms. The average molecular weight is 434 g/mol. The zero-order valence-corrected chi connectivity index (χ0v) is 17.1. The summed E-state index contributed by atoms with van der Waals surface area (Å²) in [4.78, 5) is 5.63. The normalized spacial score (nSPS) is 19.9. The first kappa shape index (κ1) is 18.6. The topological polar surface area (TPSA) is 94.8 Å². The van der Waals surface area contributed by atoms with E-state index < -0.39 is 10.0 Å². The fraction of sp³-hybridized carbons (Fsp3) is 0.368. The summed E-state index contributed by atoms with van der Waals surface area (Å²) in [6.45, 7) is 1.64. The first-order valence-electron chi connectivity index (χ1n) is 9.38. The Morgan fingerprint density at radius 3 is 2.83 bits per heavy atom. The van der Waals surface area contributed by atoms with Crippen LogP contribution in [0.4, 0.5) is 0 Å². The van der Waals surface area contributed by atoms with Crippen LogP contribution < -0.4 is 9.47 Å². The highest BCUT2D eigenvalue weighted by Crippen LogP contribution is 2.35. The zero-order chi connectivity index (χ0) is 19.8. The number of ether oxygens (including phenoxy) is 2. The lowest BCUT2D eigenvalue weighted by Gasteiger charge is -2.30. The number of fused-ring (bicyclic) bond motifs is 1. The van der Waals surface area contributed by atoms with E-state index in [1.807, 2.05) is 17.5 Å². The fourth-order valence-corrected chi connectivity index (χ4v) is 5.79. The summed E-state index contributed by atoms with van der Waals surface area (Å²) < 4.78 is 44.4. The molecule has 1 aromatic carbocycles. The molecular weight excluding hydrogens is 414 g/mol. The van der Waals surface area contributed by atoms with Gasteiger partial charge in [0, 0.05) is 19.2 Å². The molecule has 0 N–H and O–H groups in total. The van der Waals surface area contributed by atoms with Gasteiger partial charge in [0.25, 0.3) is 0 Å². The molecule has 8 nitrogen and oxygen atoms in total. The van der Waals surface area contributed by atoms with E-state index >= 15 is 0 Å². The molecule has 0 amide bonds. The van der Waals surface area contributed by atoms with E-state index in [1.54, 1.807) is 12.1 Å². The predicted molar refractivity (Wildman–Crippen MR) is 106 cm³/mol. The second-order valence-electron chi connectivity index (χ2n) is 6.94. The van der Waals surface area contributed by atoms with Gasteiger partial charge in [-0.25, -0.2) is 8.42 Å². The Bertz CT molecular complexity index is 1110. The molecule has 1 fully saturated rings. The molecule has 0 bridgehead atoms. The number of aromatic nitrogens is 2. The summed E-state index contributed by atoms with van der Waals surface area (Å²) in [6.07, 6.45) is 1.53. The van der Waals surface area contributed by atoms with Gasteiger partial charge in [0.05, 0.1) is 15.7 Å². The third-order valence-corrected chi connectivity index (χ3v) is 7.80. The van der Waals surface area contributed by atoms with Crippen molar-refractivity contribution >= 4 is 21.4 Å². The molecule has 1 saturated heterocycles. The van der Waals surface area contributed by atoms with Crippen LogP contribution in [0, 0.1) is 0 Å². The van der Waals surface area contributed by atoms with Gasteiger partial charge in [-0.3, -0.25) is 0 Å². The van der Waals surface area contributed by atoms with Crippen molar-refractivity contribution in [1.29, 1.82) is 0 Å². The van der Waals surface area contributed by atoms with Crippen molar-refractivity contribution in [2.75, 3.05) is 26.3 Å². The molecular formula is C19H19N3O5S2. The molecule has 2 aliphatic heterocycles. The van der Waals surface area contributed by atoms with E-state index in [1.165, 1.54) is 21.7 Å². The number of sulfonamides is 1. The van der Waals surface area contributed by atoms with Crippen LogP contribution in [0.3, 0.4) is 0 Å². The number of hydrogen-bond donors (Lipinski definition) is 0. The van der Waals surface area contributed by atoms with E-state index in [4.69, 9.17) is 14.0 Å². The molecule has 10 heteroatoms. The van der Waals surface area contributed by atoms with Crippen LogP contribution in [0.25, 0.3) is 10.7 Å². The zero-order valence-electron chi connectivity index (χ0n) is 15.5. The monoisotopic (exact) mass is 433 g/mol. The first-order chi connectivity index (χ1) is 14.1. The lowest BCUT2D eigenvalue weighted by molar-refractivity contribution is 0.171. The van der Waals surface area contributed by atoms with E-state index in [0.717, 1.165) is 17.7 Å². The first-order valence-corrected chi connectivity index (χ1v) is 11.7. The van der Waals surface area contributed by atoms with Gasteiger partial charge < -0.3 is 14.0 Å². The molecule has 29 heavy (non-hydrogen) atoms. The average Bonchev–Trinajstić information content (AvgIpc) is 3.45. The van der Waals surface area contributed by atoms with Gasteiger partial charge in [-0.2, -0.15) is 9.29 Å². The molecule has 2 aromatic heterocycles. The Morgan fingerprint density at radius 1 is 1.14 bits per heavy atom. The van der Waals surface area contributed by atoms with Gasteiger partial charge >= 0.3 is 0 Å². The number of hydrogen-bond acceptors (Lipinski definition) is 8. The van der Waals surface area contributed by atoms with Crippen LogP contribution in [0.1, 0.15) is 24.7 Å². The summed E-state index contributed by atoms with van der Waals surface area (Å²) in [5.41, 5.74) is 0. The van der Waals surface area contributed by atoms with Crippen molar-refractivity contribution in [3.05, 3.63) is 41.6 Å². The number of piperidine rings is 1. The molecule has 0 aliphatic carbocycles. The van der Waals surface area contributed by atoms with Gasteiger partial charge in [-0.05, 0) is 36.4 Å². The Kier molecular flexibility index (Phi) is 4.76.